The van der Waals surface area contributed by atoms with Crippen LogP contribution < -0.4 is 0 Å². The number of hydrogen-bond acceptors (Lipinski definition) is 4. The molecule has 0 aromatic heterocycles. The number of nitrogens with zero attached hydrogens (tertiary/aromatic N) is 2. The van der Waals surface area contributed by atoms with Crippen molar-refractivity contribution in [2.24, 2.45) is 0 Å². The van der Waals surface area contributed by atoms with Gasteiger partial charge in [0.05, 0.1) is 6.61 Å². The molecule has 2 heterocycles. The zero-order chi connectivity index (χ0) is 13.1. The third-order valence-corrected chi connectivity index (χ3v) is 3.56. The number of carbonyl (C=O) groups excluding carboxylic acids is 2. The van der Waals surface area contributed by atoms with Crippen molar-refractivity contribution in [2.45, 2.75) is 25.8 Å². The van der Waals surface area contributed by atoms with Crippen LogP contribution in [-0.4, -0.2) is 60.5 Å². The summed E-state index contributed by atoms with van der Waals surface area (Å²) in [5.74, 6) is -0.0497. The second-order valence-electron chi connectivity index (χ2n) is 4.84. The van der Waals surface area contributed by atoms with E-state index < -0.39 is 0 Å². The fraction of sp³-hybridized carbons (Fsp3) is 0.692. The van der Waals surface area contributed by atoms with Crippen molar-refractivity contribution < 1.29 is 14.3 Å². The summed E-state index contributed by atoms with van der Waals surface area (Å²) >= 11 is 0. The van der Waals surface area contributed by atoms with Gasteiger partial charge in [0.25, 0.3) is 0 Å². The van der Waals surface area contributed by atoms with Gasteiger partial charge >= 0.3 is 5.97 Å². The molecule has 5 heteroatoms. The van der Waals surface area contributed by atoms with Crippen molar-refractivity contribution in [3.05, 3.63) is 12.2 Å². The van der Waals surface area contributed by atoms with Crippen LogP contribution in [0.25, 0.3) is 0 Å². The SMILES string of the molecule is C=C(CN1CCN2C(=O)CCC2C1)C(=O)OCC. The molecule has 2 aliphatic rings. The highest BCUT2D eigenvalue weighted by Crippen LogP contribution is 2.23. The summed E-state index contributed by atoms with van der Waals surface area (Å²) in [6.45, 7) is 8.88. The van der Waals surface area contributed by atoms with Gasteiger partial charge in [0.1, 0.15) is 0 Å². The molecule has 1 unspecified atom stereocenters. The zero-order valence-corrected chi connectivity index (χ0v) is 10.9. The Bertz CT molecular complexity index is 367. The molecule has 18 heavy (non-hydrogen) atoms. The van der Waals surface area contributed by atoms with Gasteiger partial charge < -0.3 is 9.64 Å². The fourth-order valence-electron chi connectivity index (χ4n) is 2.64. The van der Waals surface area contributed by atoms with E-state index in [1.807, 2.05) is 4.90 Å². The minimum Gasteiger partial charge on any atom is -0.463 e. The minimum atomic E-state index is -0.317. The highest BCUT2D eigenvalue weighted by atomic mass is 16.5. The van der Waals surface area contributed by atoms with Crippen molar-refractivity contribution in [3.63, 3.8) is 0 Å². The Morgan fingerprint density at radius 2 is 2.28 bits per heavy atom. The van der Waals surface area contributed by atoms with Gasteiger partial charge in [-0.1, -0.05) is 6.58 Å². The molecule has 2 fully saturated rings. The Labute approximate surface area is 107 Å². The van der Waals surface area contributed by atoms with Crippen LogP contribution in [0.3, 0.4) is 0 Å². The number of carbonyl (C=O) groups is 2. The molecule has 0 radical (unpaired) electrons. The number of piperazine rings is 1. The maximum absolute atomic E-state index is 11.5. The summed E-state index contributed by atoms with van der Waals surface area (Å²) in [5, 5.41) is 0. The van der Waals surface area contributed by atoms with Crippen LogP contribution in [0.5, 0.6) is 0 Å². The number of ether oxygens (including phenoxy) is 1. The summed E-state index contributed by atoms with van der Waals surface area (Å²) in [5.41, 5.74) is 0.495. The number of fused-ring (bicyclic) bond motifs is 1. The first kappa shape index (κ1) is 13.1. The Morgan fingerprint density at radius 1 is 1.50 bits per heavy atom. The van der Waals surface area contributed by atoms with Gasteiger partial charge in [-0.05, 0) is 13.3 Å². The molecule has 2 rings (SSSR count). The second kappa shape index (κ2) is 5.52. The van der Waals surface area contributed by atoms with Crippen molar-refractivity contribution in [1.29, 1.82) is 0 Å². The molecule has 2 aliphatic heterocycles. The predicted molar refractivity (Wildman–Crippen MR) is 66.9 cm³/mol. The number of hydrogen-bond donors (Lipinski definition) is 0. The fourth-order valence-corrected chi connectivity index (χ4v) is 2.64. The Kier molecular flexibility index (Phi) is 4.01. The molecule has 1 atom stereocenters. The smallest absolute Gasteiger partial charge is 0.334 e. The number of esters is 1. The standard InChI is InChI=1S/C13H20N2O3/c1-3-18-13(17)10(2)8-14-6-7-15-11(9-14)4-5-12(15)16/h11H,2-9H2,1H3. The largest absolute Gasteiger partial charge is 0.463 e. The van der Waals surface area contributed by atoms with E-state index in [0.717, 1.165) is 26.1 Å². The van der Waals surface area contributed by atoms with E-state index in [2.05, 4.69) is 11.5 Å². The van der Waals surface area contributed by atoms with E-state index >= 15 is 0 Å². The first-order valence-electron chi connectivity index (χ1n) is 6.48. The van der Waals surface area contributed by atoms with Gasteiger partial charge in [-0.2, -0.15) is 0 Å². The van der Waals surface area contributed by atoms with Crippen LogP contribution in [0.1, 0.15) is 19.8 Å². The van der Waals surface area contributed by atoms with Crippen LogP contribution in [0, 0.1) is 0 Å². The van der Waals surface area contributed by atoms with E-state index in [4.69, 9.17) is 4.74 Å². The van der Waals surface area contributed by atoms with Crippen molar-refractivity contribution in [1.82, 2.24) is 9.80 Å². The van der Waals surface area contributed by atoms with Gasteiger partial charge in [-0.3, -0.25) is 9.69 Å². The third-order valence-electron chi connectivity index (χ3n) is 3.56. The molecule has 2 saturated heterocycles. The van der Waals surface area contributed by atoms with Crippen molar-refractivity contribution in [2.75, 3.05) is 32.8 Å². The monoisotopic (exact) mass is 252 g/mol. The van der Waals surface area contributed by atoms with E-state index in [0.29, 0.717) is 31.2 Å². The molecule has 0 N–H and O–H groups in total. The van der Waals surface area contributed by atoms with E-state index in [1.54, 1.807) is 6.92 Å². The lowest BCUT2D eigenvalue weighted by Crippen LogP contribution is -2.51. The summed E-state index contributed by atoms with van der Waals surface area (Å²) in [6, 6.07) is 0.321. The molecule has 5 nitrogen and oxygen atoms in total. The topological polar surface area (TPSA) is 49.9 Å². The molecule has 0 aliphatic carbocycles. The van der Waals surface area contributed by atoms with Crippen molar-refractivity contribution >= 4 is 11.9 Å². The minimum absolute atomic E-state index is 0.267. The summed E-state index contributed by atoms with van der Waals surface area (Å²) < 4.78 is 4.92. The van der Waals surface area contributed by atoms with Crippen LogP contribution >= 0.6 is 0 Å². The van der Waals surface area contributed by atoms with Gasteiger partial charge in [0.2, 0.25) is 5.91 Å². The maximum Gasteiger partial charge on any atom is 0.334 e. The molecule has 0 saturated carbocycles. The van der Waals surface area contributed by atoms with Crippen LogP contribution in [0.2, 0.25) is 0 Å². The molecular weight excluding hydrogens is 232 g/mol. The molecule has 1 amide bonds. The second-order valence-corrected chi connectivity index (χ2v) is 4.84. The van der Waals surface area contributed by atoms with Crippen LogP contribution in [0.4, 0.5) is 0 Å². The van der Waals surface area contributed by atoms with Crippen LogP contribution in [-0.2, 0) is 14.3 Å². The number of amides is 1. The lowest BCUT2D eigenvalue weighted by Gasteiger charge is -2.37. The summed E-state index contributed by atoms with van der Waals surface area (Å²) in [4.78, 5) is 27.2. The Balaban J connectivity index is 1.83. The number of rotatable bonds is 4. The van der Waals surface area contributed by atoms with Gasteiger partial charge in [0.15, 0.2) is 0 Å². The van der Waals surface area contributed by atoms with Crippen molar-refractivity contribution in [3.8, 4) is 0 Å². The lowest BCUT2D eigenvalue weighted by molar-refractivity contribution is -0.139. The summed E-state index contributed by atoms with van der Waals surface area (Å²) in [6.07, 6.45) is 1.60. The zero-order valence-electron chi connectivity index (χ0n) is 10.9. The van der Waals surface area contributed by atoms with Gasteiger partial charge in [-0.25, -0.2) is 4.79 Å². The first-order chi connectivity index (χ1) is 8.61. The molecule has 0 spiro atoms. The Morgan fingerprint density at radius 3 is 3.00 bits per heavy atom. The van der Waals surface area contributed by atoms with Gasteiger partial charge in [-0.15, -0.1) is 0 Å². The molecule has 0 aromatic carbocycles. The summed E-state index contributed by atoms with van der Waals surface area (Å²) in [7, 11) is 0. The molecule has 0 bridgehead atoms. The first-order valence-corrected chi connectivity index (χ1v) is 6.48. The molecule has 100 valence electrons. The van der Waals surface area contributed by atoms with E-state index in [-0.39, 0.29) is 11.9 Å². The van der Waals surface area contributed by atoms with E-state index in [1.165, 1.54) is 0 Å². The highest BCUT2D eigenvalue weighted by molar-refractivity contribution is 5.88. The maximum atomic E-state index is 11.5. The highest BCUT2D eigenvalue weighted by Gasteiger charge is 2.35. The predicted octanol–water partition coefficient (Wildman–Crippen LogP) is 0.412. The third kappa shape index (κ3) is 2.72. The van der Waals surface area contributed by atoms with E-state index in [9.17, 15) is 9.59 Å². The Hall–Kier alpha value is -1.36. The van der Waals surface area contributed by atoms with Crippen LogP contribution in [0.15, 0.2) is 12.2 Å². The molecule has 0 aromatic rings. The molecular formula is C13H20N2O3. The average molecular weight is 252 g/mol. The quantitative estimate of drug-likeness (QED) is 0.537. The lowest BCUT2D eigenvalue weighted by atomic mass is 10.1. The normalized spacial score (nSPS) is 23.9. The van der Waals surface area contributed by atoms with Gasteiger partial charge in [0, 0.05) is 44.2 Å². The average Bonchev–Trinajstić information content (AvgIpc) is 2.71.